The highest BCUT2D eigenvalue weighted by molar-refractivity contribution is 7.91. The van der Waals surface area contributed by atoms with E-state index in [9.17, 15) is 13.2 Å². The molecule has 1 aliphatic heterocycles. The van der Waals surface area contributed by atoms with Crippen LogP contribution in [0, 0.1) is 5.92 Å². The van der Waals surface area contributed by atoms with Crippen LogP contribution in [-0.2, 0) is 14.8 Å². The normalized spacial score (nSPS) is 19.4. The van der Waals surface area contributed by atoms with Gasteiger partial charge in [-0.1, -0.05) is 12.1 Å². The first kappa shape index (κ1) is 16.1. The fourth-order valence-corrected chi connectivity index (χ4v) is 5.25. The Labute approximate surface area is 139 Å². The molecule has 0 saturated carbocycles. The molecule has 0 unspecified atom stereocenters. The van der Waals surface area contributed by atoms with E-state index in [-0.39, 0.29) is 18.4 Å². The summed E-state index contributed by atoms with van der Waals surface area (Å²) in [6, 6.07) is 8.58. The fourth-order valence-electron chi connectivity index (χ4n) is 2.58. The van der Waals surface area contributed by atoms with Gasteiger partial charge in [-0.15, -0.1) is 11.3 Å². The number of carbonyl (C=O) groups excluding carboxylic acids is 1. The van der Waals surface area contributed by atoms with Crippen molar-refractivity contribution >= 4 is 33.1 Å². The molecule has 0 radical (unpaired) electrons. The molecule has 0 aromatic carbocycles. The fraction of sp³-hybridized carbons (Fsp3) is 0.333. The standard InChI is InChI=1S/C15H17N3O3S2/c19-15(17-13-6-1-2-8-16-13)12-5-3-9-18(11-12)23(20,21)14-7-4-10-22-14/h1-2,4,6-8,10,12H,3,5,9,11H2,(H,16,17,19)/t12-/m0/s1. The highest BCUT2D eigenvalue weighted by atomic mass is 32.2. The van der Waals surface area contributed by atoms with E-state index in [4.69, 9.17) is 0 Å². The summed E-state index contributed by atoms with van der Waals surface area (Å²) in [6.45, 7) is 0.659. The molecule has 0 bridgehead atoms. The van der Waals surface area contributed by atoms with Gasteiger partial charge in [0.2, 0.25) is 5.91 Å². The molecule has 6 nitrogen and oxygen atoms in total. The minimum atomic E-state index is -3.50. The molecule has 1 amide bonds. The third-order valence-electron chi connectivity index (χ3n) is 3.76. The molecular formula is C15H17N3O3S2. The molecule has 1 atom stereocenters. The number of aromatic nitrogens is 1. The lowest BCUT2D eigenvalue weighted by atomic mass is 9.99. The topological polar surface area (TPSA) is 79.4 Å². The summed E-state index contributed by atoms with van der Waals surface area (Å²) in [5.74, 6) is -0.0639. The maximum absolute atomic E-state index is 12.6. The average molecular weight is 351 g/mol. The van der Waals surface area contributed by atoms with Crippen molar-refractivity contribution in [3.05, 3.63) is 41.9 Å². The maximum atomic E-state index is 12.6. The van der Waals surface area contributed by atoms with Crippen molar-refractivity contribution in [2.24, 2.45) is 5.92 Å². The van der Waals surface area contributed by atoms with Crippen molar-refractivity contribution < 1.29 is 13.2 Å². The number of anilines is 1. The molecular weight excluding hydrogens is 334 g/mol. The van der Waals surface area contributed by atoms with Gasteiger partial charge in [0.25, 0.3) is 10.0 Å². The monoisotopic (exact) mass is 351 g/mol. The quantitative estimate of drug-likeness (QED) is 0.916. The van der Waals surface area contributed by atoms with Crippen LogP contribution in [0.2, 0.25) is 0 Å². The van der Waals surface area contributed by atoms with Crippen LogP contribution in [0.15, 0.2) is 46.1 Å². The van der Waals surface area contributed by atoms with Gasteiger partial charge in [-0.3, -0.25) is 4.79 Å². The summed E-state index contributed by atoms with van der Waals surface area (Å²) in [5, 5.41) is 4.49. The summed E-state index contributed by atoms with van der Waals surface area (Å²) in [4.78, 5) is 16.4. The number of nitrogens with one attached hydrogen (secondary N) is 1. The van der Waals surface area contributed by atoms with Crippen LogP contribution in [0.5, 0.6) is 0 Å². The second-order valence-electron chi connectivity index (χ2n) is 5.34. The Morgan fingerprint density at radius 3 is 2.87 bits per heavy atom. The first-order valence-electron chi connectivity index (χ1n) is 7.33. The first-order chi connectivity index (χ1) is 11.1. The van der Waals surface area contributed by atoms with Crippen LogP contribution >= 0.6 is 11.3 Å². The molecule has 0 aliphatic carbocycles. The number of nitrogens with zero attached hydrogens (tertiary/aromatic N) is 2. The molecule has 8 heteroatoms. The minimum absolute atomic E-state index is 0.185. The molecule has 3 rings (SSSR count). The van der Waals surface area contributed by atoms with Crippen LogP contribution in [-0.4, -0.2) is 36.7 Å². The van der Waals surface area contributed by atoms with Crippen molar-refractivity contribution in [3.63, 3.8) is 0 Å². The number of hydrogen-bond acceptors (Lipinski definition) is 5. The molecule has 3 heterocycles. The van der Waals surface area contributed by atoms with Gasteiger partial charge >= 0.3 is 0 Å². The molecule has 1 fully saturated rings. The van der Waals surface area contributed by atoms with E-state index in [2.05, 4.69) is 10.3 Å². The zero-order valence-electron chi connectivity index (χ0n) is 12.4. The number of pyridine rings is 1. The number of sulfonamides is 1. The molecule has 1 saturated heterocycles. The van der Waals surface area contributed by atoms with Crippen molar-refractivity contribution in [1.82, 2.24) is 9.29 Å². The zero-order chi connectivity index (χ0) is 16.3. The number of rotatable bonds is 4. The third-order valence-corrected chi connectivity index (χ3v) is 7.00. The molecule has 1 N–H and O–H groups in total. The largest absolute Gasteiger partial charge is 0.310 e. The second-order valence-corrected chi connectivity index (χ2v) is 8.45. The van der Waals surface area contributed by atoms with Gasteiger partial charge in [0, 0.05) is 19.3 Å². The smallest absolute Gasteiger partial charge is 0.252 e. The Kier molecular flexibility index (Phi) is 4.74. The van der Waals surface area contributed by atoms with Crippen molar-refractivity contribution in [2.75, 3.05) is 18.4 Å². The van der Waals surface area contributed by atoms with Gasteiger partial charge in [0.1, 0.15) is 10.0 Å². The van der Waals surface area contributed by atoms with Gasteiger partial charge < -0.3 is 5.32 Å². The van der Waals surface area contributed by atoms with Gasteiger partial charge in [0.15, 0.2) is 0 Å². The van der Waals surface area contributed by atoms with Crippen LogP contribution in [0.25, 0.3) is 0 Å². The highest BCUT2D eigenvalue weighted by Crippen LogP contribution is 2.26. The number of carbonyl (C=O) groups is 1. The van der Waals surface area contributed by atoms with Crippen molar-refractivity contribution in [3.8, 4) is 0 Å². The number of hydrogen-bond donors (Lipinski definition) is 1. The molecule has 122 valence electrons. The Hall–Kier alpha value is -1.77. The Morgan fingerprint density at radius 1 is 1.30 bits per heavy atom. The molecule has 0 spiro atoms. The maximum Gasteiger partial charge on any atom is 0.252 e. The third kappa shape index (κ3) is 3.60. The van der Waals surface area contributed by atoms with Crippen molar-refractivity contribution in [2.45, 2.75) is 17.1 Å². The predicted molar refractivity (Wildman–Crippen MR) is 88.7 cm³/mol. The molecule has 2 aromatic rings. The van der Waals surface area contributed by atoms with Gasteiger partial charge in [-0.25, -0.2) is 13.4 Å². The van der Waals surface area contributed by atoms with Crippen LogP contribution in [0.4, 0.5) is 5.82 Å². The Bertz CT molecular complexity index is 761. The van der Waals surface area contributed by atoms with E-state index < -0.39 is 10.0 Å². The van der Waals surface area contributed by atoms with E-state index in [0.29, 0.717) is 29.4 Å². The van der Waals surface area contributed by atoms with Gasteiger partial charge in [-0.2, -0.15) is 4.31 Å². The Balaban J connectivity index is 1.70. The average Bonchev–Trinajstić information content (AvgIpc) is 3.11. The summed E-state index contributed by atoms with van der Waals surface area (Å²) < 4.78 is 26.9. The summed E-state index contributed by atoms with van der Waals surface area (Å²) in [7, 11) is -3.50. The first-order valence-corrected chi connectivity index (χ1v) is 9.65. The predicted octanol–water partition coefficient (Wildman–Crippen LogP) is 2.18. The lowest BCUT2D eigenvalue weighted by Crippen LogP contribution is -2.43. The Morgan fingerprint density at radius 2 is 2.17 bits per heavy atom. The molecule has 2 aromatic heterocycles. The minimum Gasteiger partial charge on any atom is -0.310 e. The van der Waals surface area contributed by atoms with Crippen LogP contribution < -0.4 is 5.32 Å². The number of piperidine rings is 1. The molecule has 23 heavy (non-hydrogen) atoms. The van der Waals surface area contributed by atoms with Gasteiger partial charge in [-0.05, 0) is 36.4 Å². The summed E-state index contributed by atoms with van der Waals surface area (Å²) in [6.07, 6.45) is 2.95. The second kappa shape index (κ2) is 6.77. The van der Waals surface area contributed by atoms with Crippen LogP contribution in [0.1, 0.15) is 12.8 Å². The number of thiophene rings is 1. The summed E-state index contributed by atoms with van der Waals surface area (Å²) >= 11 is 1.20. The van der Waals surface area contributed by atoms with E-state index in [1.807, 2.05) is 0 Å². The van der Waals surface area contributed by atoms with Crippen molar-refractivity contribution in [1.29, 1.82) is 0 Å². The SMILES string of the molecule is O=C(Nc1ccccn1)[C@H]1CCCN(S(=O)(=O)c2cccs2)C1. The lowest BCUT2D eigenvalue weighted by Gasteiger charge is -2.30. The van der Waals surface area contributed by atoms with E-state index in [0.717, 1.165) is 0 Å². The van der Waals surface area contributed by atoms with Crippen LogP contribution in [0.3, 0.4) is 0 Å². The zero-order valence-corrected chi connectivity index (χ0v) is 14.0. The van der Waals surface area contributed by atoms with Gasteiger partial charge in [0.05, 0.1) is 5.92 Å². The van der Waals surface area contributed by atoms with E-state index >= 15 is 0 Å². The lowest BCUT2D eigenvalue weighted by molar-refractivity contribution is -0.120. The summed E-state index contributed by atoms with van der Waals surface area (Å²) in [5.41, 5.74) is 0. The highest BCUT2D eigenvalue weighted by Gasteiger charge is 2.33. The van der Waals surface area contributed by atoms with E-state index in [1.54, 1.807) is 41.9 Å². The number of amides is 1. The molecule has 1 aliphatic rings. The van der Waals surface area contributed by atoms with E-state index in [1.165, 1.54) is 15.6 Å².